The highest BCUT2D eigenvalue weighted by Gasteiger charge is 2.35. The monoisotopic (exact) mass is 682 g/mol. The Balaban J connectivity index is 0.000000333. The van der Waals surface area contributed by atoms with Gasteiger partial charge in [0.25, 0.3) is 0 Å². The number of benzene rings is 3. The van der Waals surface area contributed by atoms with Crippen molar-refractivity contribution in [2.75, 3.05) is 17.9 Å². The van der Waals surface area contributed by atoms with Crippen LogP contribution in [-0.2, 0) is 25.9 Å². The summed E-state index contributed by atoms with van der Waals surface area (Å²) in [5.41, 5.74) is 5.07. The van der Waals surface area contributed by atoms with Crippen LogP contribution >= 0.6 is 12.4 Å². The number of halogens is 4. The number of hydrogen-bond acceptors (Lipinski definition) is 8. The minimum atomic E-state index is -4.63. The van der Waals surface area contributed by atoms with Crippen LogP contribution in [0.5, 0.6) is 0 Å². The number of nitrogens with one attached hydrogen (secondary N) is 1. The van der Waals surface area contributed by atoms with Gasteiger partial charge in [-0.05, 0) is 79.6 Å². The van der Waals surface area contributed by atoms with Crippen molar-refractivity contribution in [2.45, 2.75) is 29.8 Å². The molecule has 0 aliphatic carbocycles. The Morgan fingerprint density at radius 3 is 1.82 bits per heavy atom. The Hall–Kier alpha value is -4.11. The zero-order chi connectivity index (χ0) is 32.4. The molecule has 3 N–H and O–H groups in total. The molecule has 0 aliphatic heterocycles. The third kappa shape index (κ3) is 8.34. The number of nitrogens with zero attached hydrogens (tertiary/aromatic N) is 2. The maximum atomic E-state index is 13.4. The van der Waals surface area contributed by atoms with Crippen molar-refractivity contribution >= 4 is 37.8 Å². The lowest BCUT2D eigenvalue weighted by atomic mass is 10.1. The third-order valence-corrected chi connectivity index (χ3v) is 9.04. The lowest BCUT2D eigenvalue weighted by Crippen LogP contribution is -2.08. The molecule has 0 amide bonds. The van der Waals surface area contributed by atoms with Crippen molar-refractivity contribution in [3.05, 3.63) is 102 Å². The van der Waals surface area contributed by atoms with Gasteiger partial charge in [0.2, 0.25) is 0 Å². The molecule has 2 aromatic heterocycles. The number of sulfone groups is 2. The van der Waals surface area contributed by atoms with Crippen molar-refractivity contribution in [1.82, 2.24) is 9.78 Å². The molecule has 0 bridgehead atoms. The van der Waals surface area contributed by atoms with Crippen LogP contribution in [0.25, 0.3) is 28.3 Å². The maximum Gasteiger partial charge on any atom is 0.435 e. The second-order valence-corrected chi connectivity index (χ2v) is 14.0. The topological polar surface area (TPSA) is 137 Å². The van der Waals surface area contributed by atoms with E-state index in [-0.39, 0.29) is 23.0 Å². The number of hydrogen-bond donors (Lipinski definition) is 2. The first-order valence-electron chi connectivity index (χ1n) is 12.9. The molecule has 5 rings (SSSR count). The Morgan fingerprint density at radius 1 is 0.800 bits per heavy atom. The predicted octanol–water partition coefficient (Wildman–Crippen LogP) is 6.64. The van der Waals surface area contributed by atoms with Crippen LogP contribution < -0.4 is 11.3 Å². The summed E-state index contributed by atoms with van der Waals surface area (Å²) in [7, 11) is -6.58. The van der Waals surface area contributed by atoms with Crippen molar-refractivity contribution < 1.29 is 34.4 Å². The fourth-order valence-corrected chi connectivity index (χ4v) is 6.42. The molecule has 3 aromatic carbocycles. The minimum absolute atomic E-state index is 0. The van der Waals surface area contributed by atoms with Gasteiger partial charge < -0.3 is 9.84 Å². The van der Waals surface area contributed by atoms with Gasteiger partial charge in [-0.1, -0.05) is 24.3 Å². The summed E-state index contributed by atoms with van der Waals surface area (Å²) in [5.74, 6) is 5.82. The molecule has 0 unspecified atom stereocenters. The van der Waals surface area contributed by atoms with Gasteiger partial charge in [0.1, 0.15) is 5.76 Å². The first kappa shape index (κ1) is 35.4. The Bertz CT molecular complexity index is 2010. The standard InChI is InChI=1S/C22H17F3N2O3S.C8H12N2O2S.ClH/c1-14-12-17(9-10-20(14)31(2,28)29)27-18(13-21(26-27)22(23,24)25)15-5-7-16(8-6-15)19-4-3-11-30-19;1-6-5-7(10-9)3-4-8(6)13(2,11)12;/h3-13H,1-2H3;3-5,10H,9H2,1-2H3;1H. The minimum Gasteiger partial charge on any atom is -0.464 e. The quantitative estimate of drug-likeness (QED) is 0.150. The number of anilines is 1. The molecule has 15 heteroatoms. The van der Waals surface area contributed by atoms with Gasteiger partial charge in [-0.3, -0.25) is 5.84 Å². The van der Waals surface area contributed by atoms with Crippen molar-refractivity contribution in [3.8, 4) is 28.3 Å². The SMILES string of the molecule is Cc1cc(-n2nc(C(F)(F)F)cc2-c2ccc(-c3ccco3)cc2)ccc1S(C)(=O)=O.Cc1cc(NN)ccc1S(C)(=O)=O.Cl. The van der Waals surface area contributed by atoms with Gasteiger partial charge in [0.15, 0.2) is 25.4 Å². The largest absolute Gasteiger partial charge is 0.464 e. The molecule has 0 atom stereocenters. The summed E-state index contributed by atoms with van der Waals surface area (Å²) in [5, 5.41) is 3.76. The average Bonchev–Trinajstić information content (AvgIpc) is 3.63. The summed E-state index contributed by atoms with van der Waals surface area (Å²) in [6.45, 7) is 3.32. The summed E-state index contributed by atoms with van der Waals surface area (Å²) in [4.78, 5) is 0.454. The van der Waals surface area contributed by atoms with Crippen LogP contribution in [0.3, 0.4) is 0 Å². The molecule has 0 spiro atoms. The molecular formula is C30H30ClF3N4O5S2. The van der Waals surface area contributed by atoms with E-state index in [0.717, 1.165) is 17.9 Å². The Morgan fingerprint density at radius 2 is 1.36 bits per heavy atom. The zero-order valence-corrected chi connectivity index (χ0v) is 26.9. The van der Waals surface area contributed by atoms with E-state index in [1.807, 2.05) is 0 Å². The molecule has 0 aliphatic rings. The van der Waals surface area contributed by atoms with E-state index in [1.165, 1.54) is 35.4 Å². The molecule has 0 fully saturated rings. The number of furan rings is 1. The highest BCUT2D eigenvalue weighted by molar-refractivity contribution is 7.91. The third-order valence-electron chi connectivity index (χ3n) is 6.53. The second-order valence-electron chi connectivity index (χ2n) is 10.00. The van der Waals surface area contributed by atoms with E-state index in [9.17, 15) is 30.0 Å². The van der Waals surface area contributed by atoms with Gasteiger partial charge in [-0.15, -0.1) is 12.4 Å². The van der Waals surface area contributed by atoms with Crippen LogP contribution in [0.1, 0.15) is 16.8 Å². The Kier molecular flexibility index (Phi) is 10.6. The normalized spacial score (nSPS) is 11.7. The first-order valence-corrected chi connectivity index (χ1v) is 16.7. The number of aryl methyl sites for hydroxylation is 2. The molecule has 9 nitrogen and oxygen atoms in total. The maximum absolute atomic E-state index is 13.4. The fourth-order valence-electron chi connectivity index (χ4n) is 4.51. The van der Waals surface area contributed by atoms with E-state index in [2.05, 4.69) is 10.5 Å². The molecule has 0 saturated carbocycles. The lowest BCUT2D eigenvalue weighted by Gasteiger charge is -2.11. The molecule has 240 valence electrons. The lowest BCUT2D eigenvalue weighted by molar-refractivity contribution is -0.141. The van der Waals surface area contributed by atoms with Gasteiger partial charge in [0.05, 0.1) is 27.4 Å². The number of nitrogens with two attached hydrogens (primary N) is 1. The van der Waals surface area contributed by atoms with Crippen molar-refractivity contribution in [1.29, 1.82) is 0 Å². The zero-order valence-electron chi connectivity index (χ0n) is 24.5. The van der Waals surface area contributed by atoms with Crippen LogP contribution in [-0.4, -0.2) is 39.1 Å². The molecule has 2 heterocycles. The van der Waals surface area contributed by atoms with E-state index in [1.54, 1.807) is 68.4 Å². The fraction of sp³-hybridized carbons (Fsp3) is 0.167. The molecule has 45 heavy (non-hydrogen) atoms. The number of alkyl halides is 3. The van der Waals surface area contributed by atoms with Gasteiger partial charge >= 0.3 is 6.18 Å². The summed E-state index contributed by atoms with van der Waals surface area (Å²) < 4.78 is 92.9. The van der Waals surface area contributed by atoms with E-state index >= 15 is 0 Å². The summed E-state index contributed by atoms with van der Waals surface area (Å²) in [6.07, 6.45) is -0.826. The van der Waals surface area contributed by atoms with Gasteiger partial charge in [0, 0.05) is 29.3 Å². The number of rotatable bonds is 6. The number of aromatic nitrogens is 2. The van der Waals surface area contributed by atoms with E-state index in [4.69, 9.17) is 10.3 Å². The number of nitrogen functional groups attached to an aromatic ring is 1. The summed E-state index contributed by atoms with van der Waals surface area (Å²) >= 11 is 0. The second kappa shape index (κ2) is 13.5. The van der Waals surface area contributed by atoms with Crippen LogP contribution in [0.15, 0.2) is 99.3 Å². The van der Waals surface area contributed by atoms with Crippen LogP contribution in [0.4, 0.5) is 18.9 Å². The highest BCUT2D eigenvalue weighted by Crippen LogP contribution is 2.34. The van der Waals surface area contributed by atoms with Gasteiger partial charge in [-0.2, -0.15) is 18.3 Å². The van der Waals surface area contributed by atoms with Gasteiger partial charge in [-0.25, -0.2) is 21.5 Å². The smallest absolute Gasteiger partial charge is 0.435 e. The highest BCUT2D eigenvalue weighted by atomic mass is 35.5. The molecule has 0 saturated heterocycles. The number of hydrazine groups is 1. The first-order chi connectivity index (χ1) is 20.5. The van der Waals surface area contributed by atoms with E-state index < -0.39 is 31.5 Å². The average molecular weight is 683 g/mol. The molecule has 0 radical (unpaired) electrons. The predicted molar refractivity (Wildman–Crippen MR) is 169 cm³/mol. The van der Waals surface area contributed by atoms with Crippen molar-refractivity contribution in [3.63, 3.8) is 0 Å². The van der Waals surface area contributed by atoms with Crippen LogP contribution in [0, 0.1) is 13.8 Å². The summed E-state index contributed by atoms with van der Waals surface area (Å²) in [6, 6.07) is 20.5. The van der Waals surface area contributed by atoms with Crippen molar-refractivity contribution in [2.24, 2.45) is 5.84 Å². The van der Waals surface area contributed by atoms with E-state index in [0.29, 0.717) is 38.7 Å². The Labute approximate surface area is 265 Å². The molecule has 5 aromatic rings. The van der Waals surface area contributed by atoms with Crippen LogP contribution in [0.2, 0.25) is 0 Å². The molecular weight excluding hydrogens is 653 g/mol.